The van der Waals surface area contributed by atoms with Crippen molar-refractivity contribution in [3.05, 3.63) is 114 Å². The van der Waals surface area contributed by atoms with Crippen LogP contribution >= 0.6 is 0 Å². The summed E-state index contributed by atoms with van der Waals surface area (Å²) in [5.41, 5.74) is 4.96. The Balaban J connectivity index is 0.000000162. The Morgan fingerprint density at radius 3 is 1.88 bits per heavy atom. The summed E-state index contributed by atoms with van der Waals surface area (Å²) < 4.78 is 0. The topological polar surface area (TPSA) is 145 Å². The van der Waals surface area contributed by atoms with Crippen molar-refractivity contribution in [3.63, 3.8) is 0 Å². The molecule has 0 saturated carbocycles. The Kier molecular flexibility index (Phi) is 7.62. The summed E-state index contributed by atoms with van der Waals surface area (Å²) in [5.74, 6) is 3.56. The molecule has 0 atom stereocenters. The first-order chi connectivity index (χ1) is 20.6. The van der Waals surface area contributed by atoms with Crippen LogP contribution in [0.5, 0.6) is 0 Å². The van der Waals surface area contributed by atoms with E-state index in [4.69, 9.17) is 0 Å². The van der Waals surface area contributed by atoms with Crippen molar-refractivity contribution in [1.29, 1.82) is 0 Å². The molecule has 0 spiro atoms. The summed E-state index contributed by atoms with van der Waals surface area (Å²) >= 11 is 0. The molecule has 7 aromatic rings. The minimum Gasteiger partial charge on any atom is -0.350 e. The van der Waals surface area contributed by atoms with Gasteiger partial charge in [0, 0.05) is 40.8 Å². The highest BCUT2D eigenvalue weighted by atomic mass is 15.2. The number of H-pyrrole nitrogens is 2. The smallest absolute Gasteiger partial charge is 0.225 e. The molecule has 0 bridgehead atoms. The third kappa shape index (κ3) is 6.31. The van der Waals surface area contributed by atoms with E-state index in [0.717, 1.165) is 56.5 Å². The zero-order valence-corrected chi connectivity index (χ0v) is 23.1. The van der Waals surface area contributed by atoms with Crippen LogP contribution in [-0.2, 0) is 6.54 Å². The summed E-state index contributed by atoms with van der Waals surface area (Å²) in [4.78, 5) is 17.7. The minimum atomic E-state index is 0.581. The fourth-order valence-corrected chi connectivity index (χ4v) is 4.34. The highest BCUT2D eigenvalue weighted by Gasteiger charge is 2.09. The Bertz CT molecular complexity index is 1920. The van der Waals surface area contributed by atoms with Gasteiger partial charge in [0.1, 0.15) is 18.0 Å². The first-order valence-electron chi connectivity index (χ1n) is 13.4. The molecule has 0 unspecified atom stereocenters. The standard InChI is InChI=1S/C19H18N6.C12H11N5/c1-13-11-17(25-24-13)22-18-15-9-5-6-10-16(15)21-19(23-18)20-12-14-7-3-2-4-8-14;1-8-6-11(17-16-8)15-12-9-4-2-3-5-10(9)13-7-14-12/h2-11H,12H2,1H3,(H3,20,21,22,23,24,25);2-7H,1H3,(H2,13,14,15,16,17). The summed E-state index contributed by atoms with van der Waals surface area (Å²) in [6, 6.07) is 29.8. The monoisotopic (exact) mass is 555 g/mol. The molecule has 11 nitrogen and oxygen atoms in total. The second kappa shape index (κ2) is 12.1. The van der Waals surface area contributed by atoms with Gasteiger partial charge in [0.25, 0.3) is 0 Å². The van der Waals surface area contributed by atoms with E-state index in [1.165, 1.54) is 5.56 Å². The summed E-state index contributed by atoms with van der Waals surface area (Å²) in [5, 5.41) is 25.8. The van der Waals surface area contributed by atoms with Gasteiger partial charge < -0.3 is 16.0 Å². The lowest BCUT2D eigenvalue weighted by Crippen LogP contribution is -2.06. The van der Waals surface area contributed by atoms with Crippen molar-refractivity contribution in [2.24, 2.45) is 0 Å². The van der Waals surface area contributed by atoms with Gasteiger partial charge in [-0.25, -0.2) is 15.0 Å². The highest BCUT2D eigenvalue weighted by molar-refractivity contribution is 5.91. The lowest BCUT2D eigenvalue weighted by Gasteiger charge is -2.10. The average Bonchev–Trinajstić information content (AvgIpc) is 3.63. The average molecular weight is 556 g/mol. The van der Waals surface area contributed by atoms with Gasteiger partial charge in [0.15, 0.2) is 11.6 Å². The molecule has 0 aliphatic heterocycles. The number of aromatic nitrogens is 8. The van der Waals surface area contributed by atoms with E-state index in [1.54, 1.807) is 6.33 Å². The van der Waals surface area contributed by atoms with Crippen LogP contribution in [0.1, 0.15) is 17.0 Å². The number of benzene rings is 3. The molecule has 0 aliphatic carbocycles. The minimum absolute atomic E-state index is 0.581. The molecule has 208 valence electrons. The van der Waals surface area contributed by atoms with Crippen LogP contribution in [0.2, 0.25) is 0 Å². The Hall–Kier alpha value is -5.84. The molecular weight excluding hydrogens is 526 g/mol. The van der Waals surface area contributed by atoms with Gasteiger partial charge in [0.05, 0.1) is 11.0 Å². The van der Waals surface area contributed by atoms with Gasteiger partial charge in [-0.15, -0.1) is 0 Å². The van der Waals surface area contributed by atoms with Gasteiger partial charge in [-0.1, -0.05) is 54.6 Å². The van der Waals surface area contributed by atoms with Crippen molar-refractivity contribution < 1.29 is 0 Å². The predicted octanol–water partition coefficient (Wildman–Crippen LogP) is 6.42. The van der Waals surface area contributed by atoms with Crippen LogP contribution in [0.4, 0.5) is 29.2 Å². The molecule has 3 aromatic carbocycles. The van der Waals surface area contributed by atoms with Gasteiger partial charge in [0.2, 0.25) is 5.95 Å². The number of anilines is 5. The Morgan fingerprint density at radius 1 is 0.619 bits per heavy atom. The molecule has 0 fully saturated rings. The lowest BCUT2D eigenvalue weighted by molar-refractivity contribution is 1.04. The fourth-order valence-electron chi connectivity index (χ4n) is 4.34. The molecule has 0 saturated heterocycles. The summed E-state index contributed by atoms with van der Waals surface area (Å²) in [6.07, 6.45) is 1.55. The van der Waals surface area contributed by atoms with E-state index < -0.39 is 0 Å². The highest BCUT2D eigenvalue weighted by Crippen LogP contribution is 2.25. The van der Waals surface area contributed by atoms with Crippen LogP contribution in [0.15, 0.2) is 97.3 Å². The Labute approximate surface area is 241 Å². The van der Waals surface area contributed by atoms with Gasteiger partial charge in [-0.3, -0.25) is 10.2 Å². The van der Waals surface area contributed by atoms with E-state index in [0.29, 0.717) is 12.5 Å². The normalized spacial score (nSPS) is 10.7. The first kappa shape index (κ1) is 26.4. The van der Waals surface area contributed by atoms with Crippen LogP contribution in [0, 0.1) is 13.8 Å². The lowest BCUT2D eigenvalue weighted by atomic mass is 10.2. The Morgan fingerprint density at radius 2 is 1.21 bits per heavy atom. The van der Waals surface area contributed by atoms with E-state index in [2.05, 4.69) is 68.4 Å². The van der Waals surface area contributed by atoms with E-state index in [-0.39, 0.29) is 0 Å². The molecule has 4 aromatic heterocycles. The molecule has 7 rings (SSSR count). The third-order valence-electron chi connectivity index (χ3n) is 6.34. The number of aromatic amines is 2. The number of rotatable bonds is 7. The fraction of sp³-hybridized carbons (Fsp3) is 0.0968. The van der Waals surface area contributed by atoms with Crippen molar-refractivity contribution in [2.45, 2.75) is 20.4 Å². The van der Waals surface area contributed by atoms with Crippen molar-refractivity contribution >= 4 is 51.0 Å². The van der Waals surface area contributed by atoms with Crippen LogP contribution in [0.25, 0.3) is 21.8 Å². The second-order valence-corrected chi connectivity index (χ2v) is 9.61. The molecule has 5 N–H and O–H groups in total. The van der Waals surface area contributed by atoms with E-state index in [9.17, 15) is 0 Å². The van der Waals surface area contributed by atoms with Gasteiger partial charge in [-0.2, -0.15) is 15.2 Å². The molecule has 4 heterocycles. The van der Waals surface area contributed by atoms with E-state index in [1.807, 2.05) is 92.7 Å². The molecular formula is C31H29N11. The molecule has 11 heteroatoms. The van der Waals surface area contributed by atoms with Crippen LogP contribution in [-0.4, -0.2) is 40.3 Å². The van der Waals surface area contributed by atoms with Gasteiger partial charge in [-0.05, 0) is 43.7 Å². The number of hydrogen-bond donors (Lipinski definition) is 5. The predicted molar refractivity (Wildman–Crippen MR) is 166 cm³/mol. The zero-order chi connectivity index (χ0) is 28.7. The number of aryl methyl sites for hydroxylation is 2. The summed E-state index contributed by atoms with van der Waals surface area (Å²) in [6.45, 7) is 4.58. The van der Waals surface area contributed by atoms with E-state index >= 15 is 0 Å². The SMILES string of the molecule is Cc1cc(Nc2nc(NCc3ccccc3)nc3ccccc23)n[nH]1.Cc1cc(Nc2ncnc3ccccc23)n[nH]1. The first-order valence-corrected chi connectivity index (χ1v) is 13.4. The molecule has 0 radical (unpaired) electrons. The van der Waals surface area contributed by atoms with Crippen LogP contribution in [0.3, 0.4) is 0 Å². The third-order valence-corrected chi connectivity index (χ3v) is 6.34. The second-order valence-electron chi connectivity index (χ2n) is 9.61. The van der Waals surface area contributed by atoms with Crippen molar-refractivity contribution in [3.8, 4) is 0 Å². The van der Waals surface area contributed by atoms with Crippen molar-refractivity contribution in [2.75, 3.05) is 16.0 Å². The molecule has 0 amide bonds. The number of fused-ring (bicyclic) bond motifs is 2. The largest absolute Gasteiger partial charge is 0.350 e. The molecule has 0 aliphatic rings. The number of nitrogens with one attached hydrogen (secondary N) is 5. The van der Waals surface area contributed by atoms with Crippen LogP contribution < -0.4 is 16.0 Å². The number of hydrogen-bond acceptors (Lipinski definition) is 9. The number of nitrogens with zero attached hydrogens (tertiary/aromatic N) is 6. The quantitative estimate of drug-likeness (QED) is 0.150. The number of para-hydroxylation sites is 2. The summed E-state index contributed by atoms with van der Waals surface area (Å²) in [7, 11) is 0. The zero-order valence-electron chi connectivity index (χ0n) is 23.1. The maximum Gasteiger partial charge on any atom is 0.225 e. The molecule has 42 heavy (non-hydrogen) atoms. The maximum absolute atomic E-state index is 4.63. The van der Waals surface area contributed by atoms with Crippen molar-refractivity contribution in [1.82, 2.24) is 40.3 Å². The van der Waals surface area contributed by atoms with Gasteiger partial charge >= 0.3 is 0 Å². The maximum atomic E-state index is 4.63.